The van der Waals surface area contributed by atoms with Gasteiger partial charge < -0.3 is 14.9 Å². The molecule has 0 bridgehead atoms. The van der Waals surface area contributed by atoms with Crippen molar-refractivity contribution in [2.24, 2.45) is 11.8 Å². The maximum absolute atomic E-state index is 13.4. The van der Waals surface area contributed by atoms with Crippen LogP contribution in [0.25, 0.3) is 0 Å². The average Bonchev–Trinajstić information content (AvgIpc) is 3.48. The number of hydrogen-bond donors (Lipinski definition) is 2. The number of carboxylic acid groups (broad SMARTS) is 1. The second-order valence-corrected chi connectivity index (χ2v) is 10.4. The zero-order valence-electron chi connectivity index (χ0n) is 20.6. The van der Waals surface area contributed by atoms with Crippen molar-refractivity contribution in [1.29, 1.82) is 0 Å². The van der Waals surface area contributed by atoms with E-state index in [-0.39, 0.29) is 48.4 Å². The molecule has 0 spiro atoms. The number of nitrogens with zero attached hydrogens (tertiary/aromatic N) is 3. The third-order valence-corrected chi connectivity index (χ3v) is 8.27. The van der Waals surface area contributed by atoms with Crippen LogP contribution in [0.1, 0.15) is 65.7 Å². The van der Waals surface area contributed by atoms with Crippen LogP contribution in [0.2, 0.25) is 0 Å². The minimum atomic E-state index is -1.02. The van der Waals surface area contributed by atoms with Crippen LogP contribution in [0.15, 0.2) is 18.2 Å². The number of imide groups is 2. The van der Waals surface area contributed by atoms with Crippen LogP contribution in [0.3, 0.4) is 0 Å². The smallest absolute Gasteiger partial charge is 0.308 e. The Kier molecular flexibility index (Phi) is 6.47. The first-order valence-corrected chi connectivity index (χ1v) is 12.8. The molecule has 1 aliphatic carbocycles. The standard InChI is InChI=1S/C26H30N4O7/c1-28(16-7-5-14(6-8-16)23(33)29-12-11-15(13-29)26(36)37)18-4-2-3-17-21(18)25(35)30(24(17)34)19-9-10-20(31)27-22(19)32/h2-4,14-16,19H,5-13H2,1H3,(H,36,37)(H,27,31,32)/t14?,15-,16?,19?/m1/s1. The molecule has 3 fully saturated rings. The van der Waals surface area contributed by atoms with Gasteiger partial charge in [-0.1, -0.05) is 6.07 Å². The van der Waals surface area contributed by atoms with E-state index in [4.69, 9.17) is 0 Å². The largest absolute Gasteiger partial charge is 0.481 e. The van der Waals surface area contributed by atoms with Gasteiger partial charge in [0.05, 0.1) is 22.7 Å². The summed E-state index contributed by atoms with van der Waals surface area (Å²) in [4.78, 5) is 79.3. The average molecular weight is 511 g/mol. The van der Waals surface area contributed by atoms with Gasteiger partial charge in [-0.15, -0.1) is 0 Å². The van der Waals surface area contributed by atoms with E-state index in [0.29, 0.717) is 44.3 Å². The molecule has 2 saturated heterocycles. The lowest BCUT2D eigenvalue weighted by molar-refractivity contribution is -0.142. The lowest BCUT2D eigenvalue weighted by atomic mass is 9.84. The topological polar surface area (TPSA) is 144 Å². The lowest BCUT2D eigenvalue weighted by Crippen LogP contribution is -2.54. The summed E-state index contributed by atoms with van der Waals surface area (Å²) in [6.45, 7) is 0.746. The molecule has 2 N–H and O–H groups in total. The highest BCUT2D eigenvalue weighted by atomic mass is 16.4. The molecule has 5 amide bonds. The van der Waals surface area contributed by atoms with Crippen molar-refractivity contribution in [1.82, 2.24) is 15.1 Å². The van der Waals surface area contributed by atoms with Crippen molar-refractivity contribution >= 4 is 41.2 Å². The van der Waals surface area contributed by atoms with E-state index in [1.165, 1.54) is 0 Å². The first-order valence-electron chi connectivity index (χ1n) is 12.8. The maximum Gasteiger partial charge on any atom is 0.308 e. The summed E-state index contributed by atoms with van der Waals surface area (Å²) >= 11 is 0. The number of nitrogens with one attached hydrogen (secondary N) is 1. The molecule has 0 aromatic heterocycles. The van der Waals surface area contributed by atoms with Gasteiger partial charge in [0.15, 0.2) is 0 Å². The van der Waals surface area contributed by atoms with Crippen molar-refractivity contribution in [2.45, 2.75) is 57.0 Å². The molecule has 37 heavy (non-hydrogen) atoms. The first kappa shape index (κ1) is 24.9. The number of carboxylic acids is 1. The Balaban J connectivity index is 1.27. The Morgan fingerprint density at radius 3 is 2.35 bits per heavy atom. The van der Waals surface area contributed by atoms with Crippen LogP contribution in [-0.2, 0) is 19.2 Å². The third kappa shape index (κ3) is 4.36. The second-order valence-electron chi connectivity index (χ2n) is 10.4. The van der Waals surface area contributed by atoms with E-state index < -0.39 is 41.6 Å². The SMILES string of the molecule is CN(c1cccc2c1C(=O)N(C1CCC(=O)NC1=O)C2=O)C1CCC(C(=O)N2CC[C@@H](C(=O)O)C2)CC1. The third-order valence-electron chi connectivity index (χ3n) is 8.27. The molecule has 5 rings (SSSR count). The van der Waals surface area contributed by atoms with Crippen LogP contribution in [0.4, 0.5) is 5.69 Å². The number of piperidine rings is 1. The molecule has 196 valence electrons. The zero-order valence-corrected chi connectivity index (χ0v) is 20.6. The maximum atomic E-state index is 13.4. The van der Waals surface area contributed by atoms with Crippen molar-refractivity contribution in [3.63, 3.8) is 0 Å². The summed E-state index contributed by atoms with van der Waals surface area (Å²) < 4.78 is 0. The zero-order chi connectivity index (χ0) is 26.4. The summed E-state index contributed by atoms with van der Waals surface area (Å²) in [5, 5.41) is 11.4. The summed E-state index contributed by atoms with van der Waals surface area (Å²) in [6, 6.07) is 4.11. The monoisotopic (exact) mass is 510 g/mol. The number of likely N-dealkylation sites (tertiary alicyclic amines) is 1. The summed E-state index contributed by atoms with van der Waals surface area (Å²) in [6.07, 6.45) is 3.40. The van der Waals surface area contributed by atoms with E-state index in [1.54, 1.807) is 23.1 Å². The normalized spacial score (nSPS) is 27.8. The number of amides is 5. The molecular formula is C26H30N4O7. The number of carbonyl (C=O) groups is 6. The van der Waals surface area contributed by atoms with Crippen molar-refractivity contribution in [3.05, 3.63) is 29.3 Å². The summed E-state index contributed by atoms with van der Waals surface area (Å²) in [5.74, 6) is -3.62. The van der Waals surface area contributed by atoms with Crippen LogP contribution >= 0.6 is 0 Å². The number of benzene rings is 1. The fourth-order valence-corrected chi connectivity index (χ4v) is 6.12. The second kappa shape index (κ2) is 9.60. The van der Waals surface area contributed by atoms with E-state index in [0.717, 1.165) is 4.90 Å². The Hall–Kier alpha value is -3.76. The predicted octanol–water partition coefficient (Wildman–Crippen LogP) is 1.02. The van der Waals surface area contributed by atoms with Gasteiger partial charge in [-0.05, 0) is 50.7 Å². The molecular weight excluding hydrogens is 480 g/mol. The van der Waals surface area contributed by atoms with Crippen LogP contribution < -0.4 is 10.2 Å². The minimum absolute atomic E-state index is 0.0195. The van der Waals surface area contributed by atoms with Crippen LogP contribution in [0, 0.1) is 11.8 Å². The van der Waals surface area contributed by atoms with Crippen molar-refractivity contribution in [2.75, 3.05) is 25.0 Å². The van der Waals surface area contributed by atoms with Gasteiger partial charge in [0, 0.05) is 38.5 Å². The number of fused-ring (bicyclic) bond motifs is 1. The molecule has 2 atom stereocenters. The Morgan fingerprint density at radius 1 is 0.973 bits per heavy atom. The van der Waals surface area contributed by atoms with Gasteiger partial charge in [0.2, 0.25) is 17.7 Å². The molecule has 11 heteroatoms. The van der Waals surface area contributed by atoms with Gasteiger partial charge in [-0.25, -0.2) is 0 Å². The first-order chi connectivity index (χ1) is 17.7. The van der Waals surface area contributed by atoms with Crippen LogP contribution in [-0.4, -0.2) is 82.6 Å². The van der Waals surface area contributed by atoms with Gasteiger partial charge in [-0.2, -0.15) is 0 Å². The van der Waals surface area contributed by atoms with Crippen molar-refractivity contribution < 1.29 is 33.9 Å². The highest BCUT2D eigenvalue weighted by Gasteiger charge is 2.46. The minimum Gasteiger partial charge on any atom is -0.481 e. The number of carbonyl (C=O) groups excluding carboxylic acids is 5. The molecule has 1 unspecified atom stereocenters. The molecule has 1 aromatic carbocycles. The number of rotatable bonds is 5. The molecule has 1 saturated carbocycles. The Bertz CT molecular complexity index is 1190. The molecule has 3 aliphatic heterocycles. The van der Waals surface area contributed by atoms with E-state index in [1.807, 2.05) is 11.9 Å². The van der Waals surface area contributed by atoms with Crippen LogP contribution in [0.5, 0.6) is 0 Å². The number of hydrogen-bond acceptors (Lipinski definition) is 7. The number of aliphatic carboxylic acids is 1. The fraction of sp³-hybridized carbons (Fsp3) is 0.538. The van der Waals surface area contributed by atoms with Gasteiger partial charge >= 0.3 is 5.97 Å². The van der Waals surface area contributed by atoms with Crippen molar-refractivity contribution in [3.8, 4) is 0 Å². The number of anilines is 1. The van der Waals surface area contributed by atoms with Gasteiger partial charge in [0.25, 0.3) is 11.8 Å². The molecule has 0 radical (unpaired) electrons. The van der Waals surface area contributed by atoms with Gasteiger partial charge in [-0.3, -0.25) is 39.0 Å². The van der Waals surface area contributed by atoms with E-state index >= 15 is 0 Å². The van der Waals surface area contributed by atoms with E-state index in [9.17, 15) is 33.9 Å². The lowest BCUT2D eigenvalue weighted by Gasteiger charge is -2.37. The summed E-state index contributed by atoms with van der Waals surface area (Å²) in [5.41, 5.74) is 1.10. The summed E-state index contributed by atoms with van der Waals surface area (Å²) in [7, 11) is 1.87. The molecule has 4 aliphatic rings. The van der Waals surface area contributed by atoms with Gasteiger partial charge in [0.1, 0.15) is 6.04 Å². The Labute approximate surface area is 213 Å². The highest BCUT2D eigenvalue weighted by molar-refractivity contribution is 6.25. The molecule has 1 aromatic rings. The predicted molar refractivity (Wildman–Crippen MR) is 130 cm³/mol. The Morgan fingerprint density at radius 2 is 1.70 bits per heavy atom. The van der Waals surface area contributed by atoms with E-state index in [2.05, 4.69) is 5.32 Å². The highest BCUT2D eigenvalue weighted by Crippen LogP contribution is 2.37. The quantitative estimate of drug-likeness (QED) is 0.559. The fourth-order valence-electron chi connectivity index (χ4n) is 6.12. The molecule has 3 heterocycles. The molecule has 11 nitrogen and oxygen atoms in total.